The Labute approximate surface area is 178 Å². The number of aryl methyl sites for hydroxylation is 2. The van der Waals surface area contributed by atoms with E-state index in [-0.39, 0.29) is 23.6 Å². The van der Waals surface area contributed by atoms with E-state index in [1.165, 1.54) is 10.6 Å². The molecule has 0 unspecified atom stereocenters. The molecule has 3 aromatic rings. The van der Waals surface area contributed by atoms with Gasteiger partial charge in [-0.1, -0.05) is 19.1 Å². The standard InChI is InChI=1S/C24H20F2N2O3/c1-4-15-11-17(14-28(3)24(15)30)23-16(13-27-22(29)5-2)7-6-8-21(23)31-20-10-9-18(25)12-19(20)26/h2,6-12,14H,4,13H2,1,3H3,(H,27,29). The van der Waals surface area contributed by atoms with Gasteiger partial charge in [0.25, 0.3) is 11.5 Å². The van der Waals surface area contributed by atoms with Gasteiger partial charge in [0.15, 0.2) is 11.6 Å². The molecule has 2 aromatic carbocycles. The van der Waals surface area contributed by atoms with Crippen LogP contribution < -0.4 is 15.6 Å². The van der Waals surface area contributed by atoms with E-state index in [9.17, 15) is 18.4 Å². The van der Waals surface area contributed by atoms with Crippen molar-refractivity contribution in [3.8, 4) is 35.0 Å². The van der Waals surface area contributed by atoms with Crippen LogP contribution >= 0.6 is 0 Å². The summed E-state index contributed by atoms with van der Waals surface area (Å²) in [5, 5.41) is 2.60. The van der Waals surface area contributed by atoms with Crippen LogP contribution in [0.3, 0.4) is 0 Å². The minimum Gasteiger partial charge on any atom is -0.454 e. The number of benzene rings is 2. The number of hydrogen-bond acceptors (Lipinski definition) is 3. The van der Waals surface area contributed by atoms with E-state index < -0.39 is 17.5 Å². The normalized spacial score (nSPS) is 10.4. The first-order valence-electron chi connectivity index (χ1n) is 9.53. The molecular formula is C24H20F2N2O3. The zero-order chi connectivity index (χ0) is 22.5. The molecule has 0 saturated carbocycles. The first-order valence-corrected chi connectivity index (χ1v) is 9.53. The van der Waals surface area contributed by atoms with Crippen LogP contribution in [0.25, 0.3) is 11.1 Å². The Balaban J connectivity index is 2.17. The van der Waals surface area contributed by atoms with Crippen LogP contribution in [0, 0.1) is 24.0 Å². The number of amides is 1. The Morgan fingerprint density at radius 2 is 1.94 bits per heavy atom. The van der Waals surface area contributed by atoms with Crippen molar-refractivity contribution in [2.45, 2.75) is 19.9 Å². The predicted molar refractivity (Wildman–Crippen MR) is 114 cm³/mol. The number of terminal acetylenes is 1. The van der Waals surface area contributed by atoms with Crippen LogP contribution in [0.1, 0.15) is 18.1 Å². The van der Waals surface area contributed by atoms with Crippen molar-refractivity contribution >= 4 is 5.91 Å². The summed E-state index contributed by atoms with van der Waals surface area (Å²) < 4.78 is 34.7. The number of hydrogen-bond donors (Lipinski definition) is 1. The monoisotopic (exact) mass is 422 g/mol. The van der Waals surface area contributed by atoms with Crippen molar-refractivity contribution in [1.29, 1.82) is 0 Å². The number of rotatable bonds is 6. The molecule has 31 heavy (non-hydrogen) atoms. The number of nitrogens with one attached hydrogen (secondary N) is 1. The third-order valence-electron chi connectivity index (χ3n) is 4.72. The molecule has 1 aromatic heterocycles. The minimum atomic E-state index is -0.855. The second-order valence-corrected chi connectivity index (χ2v) is 6.82. The summed E-state index contributed by atoms with van der Waals surface area (Å²) in [5.41, 5.74) is 2.29. The molecule has 0 spiro atoms. The van der Waals surface area contributed by atoms with Crippen LogP contribution in [0.5, 0.6) is 11.5 Å². The van der Waals surface area contributed by atoms with Crippen molar-refractivity contribution in [3.05, 3.63) is 81.8 Å². The lowest BCUT2D eigenvalue weighted by Crippen LogP contribution is -2.22. The first kappa shape index (κ1) is 21.8. The Morgan fingerprint density at radius 3 is 2.61 bits per heavy atom. The molecule has 0 radical (unpaired) electrons. The highest BCUT2D eigenvalue weighted by molar-refractivity contribution is 5.92. The lowest BCUT2D eigenvalue weighted by molar-refractivity contribution is -0.115. The molecular weight excluding hydrogens is 402 g/mol. The number of ether oxygens (including phenoxy) is 1. The van der Waals surface area contributed by atoms with Gasteiger partial charge >= 0.3 is 0 Å². The van der Waals surface area contributed by atoms with Crippen molar-refractivity contribution in [1.82, 2.24) is 9.88 Å². The number of halogens is 2. The van der Waals surface area contributed by atoms with Crippen molar-refractivity contribution in [2.75, 3.05) is 0 Å². The van der Waals surface area contributed by atoms with E-state index in [1.807, 2.05) is 12.8 Å². The van der Waals surface area contributed by atoms with Crippen LogP contribution in [0.4, 0.5) is 8.78 Å². The second-order valence-electron chi connectivity index (χ2n) is 6.82. The van der Waals surface area contributed by atoms with E-state index in [0.29, 0.717) is 28.7 Å². The number of nitrogens with zero attached hydrogens (tertiary/aromatic N) is 1. The molecule has 1 amide bonds. The fraction of sp³-hybridized carbons (Fsp3) is 0.167. The van der Waals surface area contributed by atoms with E-state index >= 15 is 0 Å². The van der Waals surface area contributed by atoms with Gasteiger partial charge in [-0.15, -0.1) is 6.42 Å². The fourth-order valence-electron chi connectivity index (χ4n) is 3.21. The second kappa shape index (κ2) is 9.26. The highest BCUT2D eigenvalue weighted by Gasteiger charge is 2.17. The van der Waals surface area contributed by atoms with Gasteiger partial charge in [-0.25, -0.2) is 8.78 Å². The summed E-state index contributed by atoms with van der Waals surface area (Å²) in [5.74, 6) is -0.0604. The Morgan fingerprint density at radius 1 is 1.16 bits per heavy atom. The van der Waals surface area contributed by atoms with Crippen LogP contribution in [-0.2, 0) is 24.8 Å². The molecule has 0 saturated heterocycles. The maximum Gasteiger partial charge on any atom is 0.295 e. The molecule has 1 N–H and O–H groups in total. The Bertz CT molecular complexity index is 1240. The van der Waals surface area contributed by atoms with Gasteiger partial charge in [0, 0.05) is 42.5 Å². The predicted octanol–water partition coefficient (Wildman–Crippen LogP) is 3.93. The van der Waals surface area contributed by atoms with Gasteiger partial charge in [0.1, 0.15) is 11.6 Å². The topological polar surface area (TPSA) is 60.3 Å². The summed E-state index contributed by atoms with van der Waals surface area (Å²) in [6.45, 7) is 1.95. The molecule has 7 heteroatoms. The SMILES string of the molecule is C#CC(=O)NCc1cccc(Oc2ccc(F)cc2F)c1-c1cc(CC)c(=O)n(C)c1. The molecule has 5 nitrogen and oxygen atoms in total. The van der Waals surface area contributed by atoms with E-state index in [1.54, 1.807) is 37.5 Å². The highest BCUT2D eigenvalue weighted by atomic mass is 19.1. The van der Waals surface area contributed by atoms with Crippen molar-refractivity contribution < 1.29 is 18.3 Å². The first-order chi connectivity index (χ1) is 14.8. The maximum absolute atomic E-state index is 14.2. The number of aromatic nitrogens is 1. The smallest absolute Gasteiger partial charge is 0.295 e. The van der Waals surface area contributed by atoms with Gasteiger partial charge in [-0.05, 0) is 42.2 Å². The van der Waals surface area contributed by atoms with Crippen LogP contribution in [-0.4, -0.2) is 10.5 Å². The van der Waals surface area contributed by atoms with Gasteiger partial charge in [-0.2, -0.15) is 0 Å². The minimum absolute atomic E-state index is 0.0891. The molecule has 0 atom stereocenters. The van der Waals surface area contributed by atoms with Gasteiger partial charge in [0.2, 0.25) is 0 Å². The largest absolute Gasteiger partial charge is 0.454 e. The highest BCUT2D eigenvalue weighted by Crippen LogP contribution is 2.37. The third-order valence-corrected chi connectivity index (χ3v) is 4.72. The third kappa shape index (κ3) is 4.81. The van der Waals surface area contributed by atoms with Crippen molar-refractivity contribution in [2.24, 2.45) is 7.05 Å². The zero-order valence-electron chi connectivity index (χ0n) is 17.0. The lowest BCUT2D eigenvalue weighted by Gasteiger charge is -2.17. The summed E-state index contributed by atoms with van der Waals surface area (Å²) in [4.78, 5) is 23.9. The molecule has 0 bridgehead atoms. The summed E-state index contributed by atoms with van der Waals surface area (Å²) in [6.07, 6.45) is 7.27. The quantitative estimate of drug-likeness (QED) is 0.613. The average molecular weight is 422 g/mol. The summed E-state index contributed by atoms with van der Waals surface area (Å²) in [7, 11) is 1.63. The summed E-state index contributed by atoms with van der Waals surface area (Å²) >= 11 is 0. The van der Waals surface area contributed by atoms with Gasteiger partial charge < -0.3 is 14.6 Å². The molecule has 158 valence electrons. The van der Waals surface area contributed by atoms with Gasteiger partial charge in [0.05, 0.1) is 0 Å². The molecule has 0 aliphatic rings. The van der Waals surface area contributed by atoms with Gasteiger partial charge in [-0.3, -0.25) is 9.59 Å². The Kier molecular flexibility index (Phi) is 6.51. The van der Waals surface area contributed by atoms with E-state index in [0.717, 1.165) is 12.1 Å². The molecule has 0 fully saturated rings. The molecule has 1 heterocycles. The lowest BCUT2D eigenvalue weighted by atomic mass is 9.98. The molecule has 3 rings (SSSR count). The number of carbonyl (C=O) groups is 1. The average Bonchev–Trinajstić information content (AvgIpc) is 2.75. The number of pyridine rings is 1. The number of carbonyl (C=O) groups excluding carboxylic acids is 1. The maximum atomic E-state index is 14.2. The molecule has 0 aliphatic carbocycles. The fourth-order valence-corrected chi connectivity index (χ4v) is 3.21. The van der Waals surface area contributed by atoms with E-state index in [4.69, 9.17) is 11.2 Å². The van der Waals surface area contributed by atoms with Crippen LogP contribution in [0.15, 0.2) is 53.5 Å². The summed E-state index contributed by atoms with van der Waals surface area (Å²) in [6, 6.07) is 9.82. The molecule has 0 aliphatic heterocycles. The zero-order valence-corrected chi connectivity index (χ0v) is 17.0. The Hall–Kier alpha value is -3.92. The van der Waals surface area contributed by atoms with Crippen molar-refractivity contribution in [3.63, 3.8) is 0 Å². The van der Waals surface area contributed by atoms with E-state index in [2.05, 4.69) is 5.32 Å². The van der Waals surface area contributed by atoms with Crippen LogP contribution in [0.2, 0.25) is 0 Å².